The van der Waals surface area contributed by atoms with Gasteiger partial charge >= 0.3 is 0 Å². The number of fused-ring (bicyclic) bond motifs is 3. The van der Waals surface area contributed by atoms with E-state index in [4.69, 9.17) is 16.2 Å². The summed E-state index contributed by atoms with van der Waals surface area (Å²) in [5.41, 5.74) is 14.1. The maximum atomic E-state index is 12.4. The summed E-state index contributed by atoms with van der Waals surface area (Å²) in [4.78, 5) is 15.2. The Morgan fingerprint density at radius 2 is 2.00 bits per heavy atom. The highest BCUT2D eigenvalue weighted by atomic mass is 16.5. The molecule has 0 bridgehead atoms. The van der Waals surface area contributed by atoms with Gasteiger partial charge in [-0.3, -0.25) is 4.79 Å². The molecule has 2 aromatic heterocycles. The topological polar surface area (TPSA) is 112 Å². The van der Waals surface area contributed by atoms with Gasteiger partial charge in [0.25, 0.3) is 5.56 Å². The number of anilines is 2. The number of hydrogen-bond acceptors (Lipinski definition) is 5. The average Bonchev–Trinajstić information content (AvgIpc) is 2.93. The molecule has 0 spiro atoms. The molecule has 120 valence electrons. The second-order valence-electron chi connectivity index (χ2n) is 5.48. The number of benzene rings is 2. The third-order valence-corrected chi connectivity index (χ3v) is 3.99. The van der Waals surface area contributed by atoms with Crippen molar-refractivity contribution in [2.24, 2.45) is 0 Å². The quantitative estimate of drug-likeness (QED) is 0.489. The predicted octanol–water partition coefficient (Wildman–Crippen LogP) is 2.04. The molecule has 0 saturated heterocycles. The number of rotatable bonds is 2. The summed E-state index contributed by atoms with van der Waals surface area (Å²) < 4.78 is 6.77. The van der Waals surface area contributed by atoms with Gasteiger partial charge in [0.1, 0.15) is 22.5 Å². The van der Waals surface area contributed by atoms with Crippen molar-refractivity contribution in [3.63, 3.8) is 0 Å². The van der Waals surface area contributed by atoms with E-state index >= 15 is 0 Å². The van der Waals surface area contributed by atoms with Gasteiger partial charge in [-0.05, 0) is 30.3 Å². The maximum Gasteiger partial charge on any atom is 0.261 e. The highest BCUT2D eigenvalue weighted by molar-refractivity contribution is 6.07. The van der Waals surface area contributed by atoms with Crippen LogP contribution in [0.4, 0.5) is 11.5 Å². The monoisotopic (exact) mass is 321 g/mol. The fraction of sp³-hybridized carbons (Fsp3) is 0.0588. The highest BCUT2D eigenvalue weighted by Gasteiger charge is 2.16. The smallest absolute Gasteiger partial charge is 0.261 e. The number of nitrogens with two attached hydrogens (primary N) is 2. The molecule has 4 aromatic rings. The Bertz CT molecular complexity index is 1140. The minimum absolute atomic E-state index is 0.276. The first kappa shape index (κ1) is 14.1. The normalized spacial score (nSPS) is 11.2. The van der Waals surface area contributed by atoms with Gasteiger partial charge in [0.2, 0.25) is 0 Å². The summed E-state index contributed by atoms with van der Waals surface area (Å²) in [6.45, 7) is 0. The van der Waals surface area contributed by atoms with Crippen molar-refractivity contribution >= 4 is 33.3 Å². The van der Waals surface area contributed by atoms with Gasteiger partial charge in [-0.1, -0.05) is 6.07 Å². The van der Waals surface area contributed by atoms with E-state index in [1.807, 2.05) is 24.3 Å². The zero-order valence-electron chi connectivity index (χ0n) is 12.9. The van der Waals surface area contributed by atoms with Gasteiger partial charge < -0.3 is 21.2 Å². The Labute approximate surface area is 136 Å². The number of nitrogens with one attached hydrogen (secondary N) is 1. The van der Waals surface area contributed by atoms with Crippen LogP contribution in [0.5, 0.6) is 5.75 Å². The summed E-state index contributed by atoms with van der Waals surface area (Å²) in [6, 6.07) is 12.6. The van der Waals surface area contributed by atoms with Gasteiger partial charge in [0.05, 0.1) is 18.3 Å². The van der Waals surface area contributed by atoms with Crippen LogP contribution in [0.25, 0.3) is 27.5 Å². The summed E-state index contributed by atoms with van der Waals surface area (Å²) in [6.07, 6.45) is 0. The Morgan fingerprint density at radius 1 is 1.17 bits per heavy atom. The Hall–Kier alpha value is -3.48. The third kappa shape index (κ3) is 1.98. The molecular formula is C17H15N5O2. The fourth-order valence-electron chi connectivity index (χ4n) is 2.84. The summed E-state index contributed by atoms with van der Waals surface area (Å²) in [5.74, 6) is 0.955. The van der Waals surface area contributed by atoms with Crippen molar-refractivity contribution in [1.29, 1.82) is 0 Å². The molecule has 0 unspecified atom stereocenters. The first-order valence-electron chi connectivity index (χ1n) is 7.32. The maximum absolute atomic E-state index is 12.4. The molecule has 0 aliphatic carbocycles. The SMILES string of the molecule is COc1cccc(-n2nc3c(c2N)c(=O)[nH]c2cc(N)ccc23)c1. The lowest BCUT2D eigenvalue weighted by molar-refractivity contribution is 0.414. The van der Waals surface area contributed by atoms with E-state index in [-0.39, 0.29) is 11.4 Å². The highest BCUT2D eigenvalue weighted by Crippen LogP contribution is 2.28. The first-order valence-corrected chi connectivity index (χ1v) is 7.32. The minimum atomic E-state index is -0.297. The van der Waals surface area contributed by atoms with Crippen LogP contribution in [0, 0.1) is 0 Å². The molecule has 0 radical (unpaired) electrons. The van der Waals surface area contributed by atoms with Crippen LogP contribution in [-0.2, 0) is 0 Å². The molecule has 24 heavy (non-hydrogen) atoms. The average molecular weight is 321 g/mol. The molecule has 4 rings (SSSR count). The number of ether oxygens (including phenoxy) is 1. The summed E-state index contributed by atoms with van der Waals surface area (Å²) in [7, 11) is 1.59. The number of pyridine rings is 1. The number of nitrogen functional groups attached to an aromatic ring is 2. The van der Waals surface area contributed by atoms with Crippen LogP contribution in [0.15, 0.2) is 47.3 Å². The van der Waals surface area contributed by atoms with E-state index in [9.17, 15) is 4.79 Å². The minimum Gasteiger partial charge on any atom is -0.497 e. The molecule has 0 fully saturated rings. The molecule has 0 atom stereocenters. The Kier molecular flexibility index (Phi) is 2.96. The van der Waals surface area contributed by atoms with Gasteiger partial charge in [-0.25, -0.2) is 4.68 Å². The van der Waals surface area contributed by atoms with Gasteiger partial charge in [0, 0.05) is 17.1 Å². The van der Waals surface area contributed by atoms with Crippen LogP contribution < -0.4 is 21.8 Å². The summed E-state index contributed by atoms with van der Waals surface area (Å²) >= 11 is 0. The molecule has 7 heteroatoms. The largest absolute Gasteiger partial charge is 0.497 e. The van der Waals surface area contributed by atoms with Crippen molar-refractivity contribution in [1.82, 2.24) is 14.8 Å². The first-order chi connectivity index (χ1) is 11.6. The van der Waals surface area contributed by atoms with E-state index in [0.717, 1.165) is 5.39 Å². The number of nitrogens with zero attached hydrogens (tertiary/aromatic N) is 2. The lowest BCUT2D eigenvalue weighted by Gasteiger charge is -2.05. The Balaban J connectivity index is 2.08. The fourth-order valence-corrected chi connectivity index (χ4v) is 2.84. The van der Waals surface area contributed by atoms with Crippen LogP contribution in [0.1, 0.15) is 0 Å². The second-order valence-corrected chi connectivity index (χ2v) is 5.48. The van der Waals surface area contributed by atoms with Crippen LogP contribution in [0.2, 0.25) is 0 Å². The molecular weight excluding hydrogens is 306 g/mol. The zero-order chi connectivity index (χ0) is 16.8. The van der Waals surface area contributed by atoms with E-state index in [0.29, 0.717) is 33.5 Å². The van der Waals surface area contributed by atoms with Crippen molar-refractivity contribution in [3.8, 4) is 11.4 Å². The molecule has 7 nitrogen and oxygen atoms in total. The summed E-state index contributed by atoms with van der Waals surface area (Å²) in [5, 5.41) is 5.69. The Morgan fingerprint density at radius 3 is 2.79 bits per heavy atom. The van der Waals surface area contributed by atoms with Crippen molar-refractivity contribution in [3.05, 3.63) is 52.8 Å². The molecule has 2 heterocycles. The van der Waals surface area contributed by atoms with E-state index in [2.05, 4.69) is 10.1 Å². The molecule has 0 aliphatic heterocycles. The van der Waals surface area contributed by atoms with Crippen molar-refractivity contribution in [2.45, 2.75) is 0 Å². The van der Waals surface area contributed by atoms with Crippen LogP contribution >= 0.6 is 0 Å². The number of H-pyrrole nitrogens is 1. The number of methoxy groups -OCH3 is 1. The van der Waals surface area contributed by atoms with E-state index in [1.54, 1.807) is 25.3 Å². The second kappa shape index (κ2) is 5.02. The molecule has 5 N–H and O–H groups in total. The number of aromatic amines is 1. The molecule has 2 aromatic carbocycles. The van der Waals surface area contributed by atoms with Crippen molar-refractivity contribution < 1.29 is 4.74 Å². The lowest BCUT2D eigenvalue weighted by Crippen LogP contribution is -2.08. The van der Waals surface area contributed by atoms with E-state index in [1.165, 1.54) is 4.68 Å². The van der Waals surface area contributed by atoms with Crippen LogP contribution in [-0.4, -0.2) is 21.9 Å². The van der Waals surface area contributed by atoms with Gasteiger partial charge in [0.15, 0.2) is 0 Å². The van der Waals surface area contributed by atoms with Gasteiger partial charge in [-0.15, -0.1) is 0 Å². The van der Waals surface area contributed by atoms with Crippen molar-refractivity contribution in [2.75, 3.05) is 18.6 Å². The van der Waals surface area contributed by atoms with E-state index < -0.39 is 0 Å². The number of hydrogen-bond donors (Lipinski definition) is 3. The number of aromatic nitrogens is 3. The molecule has 0 aliphatic rings. The lowest BCUT2D eigenvalue weighted by atomic mass is 10.1. The van der Waals surface area contributed by atoms with Crippen LogP contribution in [0.3, 0.4) is 0 Å². The zero-order valence-corrected chi connectivity index (χ0v) is 12.9. The third-order valence-electron chi connectivity index (χ3n) is 3.99. The predicted molar refractivity (Wildman–Crippen MR) is 94.6 cm³/mol. The van der Waals surface area contributed by atoms with Gasteiger partial charge in [-0.2, -0.15) is 5.10 Å². The molecule has 0 saturated carbocycles. The molecule has 0 amide bonds. The standard InChI is InChI=1S/C17H15N5O2/c1-24-11-4-2-3-10(8-11)22-16(19)14-15(21-22)12-6-5-9(18)7-13(12)20-17(14)23/h2-8H,18-19H2,1H3,(H,20,23).